The maximum absolute atomic E-state index is 13.5. The third-order valence-electron chi connectivity index (χ3n) is 3.87. The predicted molar refractivity (Wildman–Crippen MR) is 94.8 cm³/mol. The SMILES string of the molecule is CC(C)c1c(C=CC=O)c(-c2ccc(F)c(Cl)c2)nn2cccc12. The summed E-state index contributed by atoms with van der Waals surface area (Å²) in [6.45, 7) is 4.17. The number of rotatable bonds is 4. The third kappa shape index (κ3) is 2.85. The predicted octanol–water partition coefficient (Wildman–Crippen LogP) is 5.13. The monoisotopic (exact) mass is 342 g/mol. The molecule has 3 rings (SSSR count). The number of allylic oxidation sites excluding steroid dienone is 1. The molecule has 0 saturated carbocycles. The van der Waals surface area contributed by atoms with Crippen LogP contribution in [0.5, 0.6) is 0 Å². The van der Waals surface area contributed by atoms with Crippen LogP contribution in [-0.4, -0.2) is 15.9 Å². The zero-order valence-electron chi connectivity index (χ0n) is 13.3. The number of carbonyl (C=O) groups is 1. The summed E-state index contributed by atoms with van der Waals surface area (Å²) in [6.07, 6.45) is 5.78. The lowest BCUT2D eigenvalue weighted by Gasteiger charge is -2.17. The van der Waals surface area contributed by atoms with E-state index in [0.29, 0.717) is 11.3 Å². The fraction of sp³-hybridized carbons (Fsp3) is 0.158. The standard InChI is InChI=1S/C19H16ClFN2O/c1-12(2)18-14(5-4-10-24)19(22-23-9-3-6-17(18)23)13-7-8-16(21)15(20)11-13/h3-12H,1-2H3. The quantitative estimate of drug-likeness (QED) is 0.486. The molecule has 0 aliphatic heterocycles. The molecule has 1 aromatic carbocycles. The van der Waals surface area contributed by atoms with Crippen LogP contribution >= 0.6 is 11.6 Å². The van der Waals surface area contributed by atoms with Gasteiger partial charge in [-0.25, -0.2) is 8.91 Å². The van der Waals surface area contributed by atoms with E-state index in [9.17, 15) is 9.18 Å². The fourth-order valence-electron chi connectivity index (χ4n) is 2.87. The van der Waals surface area contributed by atoms with E-state index >= 15 is 0 Å². The molecule has 0 amide bonds. The summed E-state index contributed by atoms with van der Waals surface area (Å²) >= 11 is 5.94. The number of aldehydes is 1. The van der Waals surface area contributed by atoms with Crippen LogP contribution in [-0.2, 0) is 4.79 Å². The highest BCUT2D eigenvalue weighted by atomic mass is 35.5. The first-order chi connectivity index (χ1) is 11.5. The number of hydrogen-bond donors (Lipinski definition) is 0. The van der Waals surface area contributed by atoms with Gasteiger partial charge in [0, 0.05) is 17.3 Å². The number of benzene rings is 1. The molecule has 24 heavy (non-hydrogen) atoms. The zero-order chi connectivity index (χ0) is 17.3. The van der Waals surface area contributed by atoms with Crippen molar-refractivity contribution in [3.8, 4) is 11.3 Å². The van der Waals surface area contributed by atoms with E-state index in [1.54, 1.807) is 22.7 Å². The Morgan fingerprint density at radius 3 is 2.75 bits per heavy atom. The molecule has 5 heteroatoms. The van der Waals surface area contributed by atoms with Crippen molar-refractivity contribution >= 4 is 29.5 Å². The molecule has 0 aliphatic rings. The Kier molecular flexibility index (Phi) is 4.49. The van der Waals surface area contributed by atoms with Gasteiger partial charge in [-0.1, -0.05) is 25.4 Å². The molecule has 2 aromatic heterocycles. The molecule has 122 valence electrons. The van der Waals surface area contributed by atoms with Crippen LogP contribution in [0.1, 0.15) is 30.9 Å². The summed E-state index contributed by atoms with van der Waals surface area (Å²) in [7, 11) is 0. The second-order valence-corrected chi connectivity index (χ2v) is 6.20. The van der Waals surface area contributed by atoms with Crippen LogP contribution in [0.15, 0.2) is 42.6 Å². The minimum Gasteiger partial charge on any atom is -0.299 e. The number of carbonyl (C=O) groups excluding carboxylic acids is 1. The van der Waals surface area contributed by atoms with E-state index < -0.39 is 5.82 Å². The van der Waals surface area contributed by atoms with Crippen LogP contribution in [0.2, 0.25) is 5.02 Å². The van der Waals surface area contributed by atoms with Crippen LogP contribution in [0.25, 0.3) is 22.9 Å². The lowest BCUT2D eigenvalue weighted by atomic mass is 9.93. The summed E-state index contributed by atoms with van der Waals surface area (Å²) in [5.41, 5.74) is 4.24. The first-order valence-corrected chi connectivity index (χ1v) is 7.99. The van der Waals surface area contributed by atoms with E-state index in [1.165, 1.54) is 12.1 Å². The lowest BCUT2D eigenvalue weighted by molar-refractivity contribution is -0.104. The van der Waals surface area contributed by atoms with Gasteiger partial charge in [-0.2, -0.15) is 5.10 Å². The fourth-order valence-corrected chi connectivity index (χ4v) is 3.05. The smallest absolute Gasteiger partial charge is 0.142 e. The highest BCUT2D eigenvalue weighted by Crippen LogP contribution is 2.34. The molecule has 0 fully saturated rings. The Balaban J connectivity index is 2.38. The van der Waals surface area contributed by atoms with Crippen molar-refractivity contribution in [3.63, 3.8) is 0 Å². The van der Waals surface area contributed by atoms with E-state index in [-0.39, 0.29) is 10.9 Å². The average Bonchev–Trinajstić information content (AvgIpc) is 3.01. The molecule has 0 aliphatic carbocycles. The number of hydrogen-bond acceptors (Lipinski definition) is 2. The van der Waals surface area contributed by atoms with Crippen LogP contribution in [0.3, 0.4) is 0 Å². The summed E-state index contributed by atoms with van der Waals surface area (Å²) < 4.78 is 15.3. The summed E-state index contributed by atoms with van der Waals surface area (Å²) in [5.74, 6) is -0.261. The molecule has 0 spiro atoms. The normalized spacial score (nSPS) is 11.7. The van der Waals surface area contributed by atoms with Gasteiger partial charge >= 0.3 is 0 Å². The van der Waals surface area contributed by atoms with E-state index in [4.69, 9.17) is 11.6 Å². The van der Waals surface area contributed by atoms with Crippen molar-refractivity contribution in [1.82, 2.24) is 9.61 Å². The molecule has 0 bridgehead atoms. The molecule has 2 heterocycles. The van der Waals surface area contributed by atoms with E-state index in [2.05, 4.69) is 18.9 Å². The Hall–Kier alpha value is -2.46. The van der Waals surface area contributed by atoms with E-state index in [0.717, 1.165) is 22.9 Å². The van der Waals surface area contributed by atoms with Gasteiger partial charge in [0.15, 0.2) is 0 Å². The van der Waals surface area contributed by atoms with Gasteiger partial charge < -0.3 is 0 Å². The van der Waals surface area contributed by atoms with Crippen LogP contribution in [0, 0.1) is 5.82 Å². The lowest BCUT2D eigenvalue weighted by Crippen LogP contribution is -2.04. The van der Waals surface area contributed by atoms with Gasteiger partial charge in [-0.05, 0) is 54.0 Å². The van der Waals surface area contributed by atoms with Gasteiger partial charge in [-0.3, -0.25) is 4.79 Å². The first kappa shape index (κ1) is 16.4. The maximum Gasteiger partial charge on any atom is 0.142 e. The summed E-state index contributed by atoms with van der Waals surface area (Å²) in [4.78, 5) is 10.8. The topological polar surface area (TPSA) is 34.4 Å². The van der Waals surface area contributed by atoms with Crippen molar-refractivity contribution in [2.45, 2.75) is 19.8 Å². The summed E-state index contributed by atoms with van der Waals surface area (Å²) in [6, 6.07) is 8.42. The van der Waals surface area contributed by atoms with Gasteiger partial charge in [-0.15, -0.1) is 0 Å². The van der Waals surface area contributed by atoms with E-state index in [1.807, 2.05) is 18.3 Å². The van der Waals surface area contributed by atoms with Gasteiger partial charge in [0.05, 0.1) is 16.2 Å². The minimum absolute atomic E-state index is 0.0401. The molecule has 3 nitrogen and oxygen atoms in total. The van der Waals surface area contributed by atoms with Crippen molar-refractivity contribution in [2.75, 3.05) is 0 Å². The number of nitrogens with zero attached hydrogens (tertiary/aromatic N) is 2. The second-order valence-electron chi connectivity index (χ2n) is 5.79. The molecule has 3 aromatic rings. The number of halogens is 2. The summed E-state index contributed by atoms with van der Waals surface area (Å²) in [5, 5.41) is 4.68. The molecule has 0 radical (unpaired) electrons. The van der Waals surface area contributed by atoms with Gasteiger partial charge in [0.25, 0.3) is 0 Å². The molecular formula is C19H16ClFN2O. The second kappa shape index (κ2) is 6.57. The minimum atomic E-state index is -0.475. The highest BCUT2D eigenvalue weighted by Gasteiger charge is 2.18. The molecule has 0 unspecified atom stereocenters. The average molecular weight is 343 g/mol. The van der Waals surface area contributed by atoms with Crippen LogP contribution < -0.4 is 0 Å². The van der Waals surface area contributed by atoms with Crippen molar-refractivity contribution < 1.29 is 9.18 Å². The van der Waals surface area contributed by atoms with Crippen molar-refractivity contribution in [2.24, 2.45) is 0 Å². The Labute approximate surface area is 144 Å². The van der Waals surface area contributed by atoms with Crippen molar-refractivity contribution in [3.05, 3.63) is 64.6 Å². The molecule has 0 saturated heterocycles. The Bertz CT molecular complexity index is 944. The third-order valence-corrected chi connectivity index (χ3v) is 4.16. The Morgan fingerprint density at radius 2 is 2.08 bits per heavy atom. The maximum atomic E-state index is 13.5. The number of aromatic nitrogens is 2. The molecule has 0 N–H and O–H groups in total. The highest BCUT2D eigenvalue weighted by molar-refractivity contribution is 6.31. The zero-order valence-corrected chi connectivity index (χ0v) is 14.1. The van der Waals surface area contributed by atoms with Crippen molar-refractivity contribution in [1.29, 1.82) is 0 Å². The first-order valence-electron chi connectivity index (χ1n) is 7.61. The van der Waals surface area contributed by atoms with Crippen LogP contribution in [0.4, 0.5) is 4.39 Å². The van der Waals surface area contributed by atoms with Gasteiger partial charge in [0.2, 0.25) is 0 Å². The Morgan fingerprint density at radius 1 is 1.29 bits per heavy atom. The molecule has 0 atom stereocenters. The number of fused-ring (bicyclic) bond motifs is 1. The molecular weight excluding hydrogens is 327 g/mol. The largest absolute Gasteiger partial charge is 0.299 e. The van der Waals surface area contributed by atoms with Gasteiger partial charge in [0.1, 0.15) is 12.1 Å².